The summed E-state index contributed by atoms with van der Waals surface area (Å²) in [4.78, 5) is 0. The van der Waals surface area contributed by atoms with Crippen LogP contribution in [-0.2, 0) is 9.16 Å². The van der Waals surface area contributed by atoms with E-state index in [0.29, 0.717) is 11.1 Å². The molecule has 0 aliphatic carbocycles. The first-order valence-corrected chi connectivity index (χ1v) is 10.4. The van der Waals surface area contributed by atoms with Crippen LogP contribution in [0.2, 0.25) is 18.1 Å². The van der Waals surface area contributed by atoms with Crippen LogP contribution in [-0.4, -0.2) is 32.6 Å². The Bertz CT molecular complexity index is 190. The molecule has 0 saturated carbocycles. The fourth-order valence-electron chi connectivity index (χ4n) is 1.16. The van der Waals surface area contributed by atoms with E-state index in [1.165, 1.54) is 0 Å². The number of alkyl halides is 1. The zero-order chi connectivity index (χ0) is 12.8. The van der Waals surface area contributed by atoms with Gasteiger partial charge in [0.15, 0.2) is 8.32 Å². The summed E-state index contributed by atoms with van der Waals surface area (Å²) in [6.07, 6.45) is 2.51. The number of rotatable bonds is 7. The maximum atomic E-state index is 6.13. The van der Waals surface area contributed by atoms with Gasteiger partial charge in [0.2, 0.25) is 0 Å². The summed E-state index contributed by atoms with van der Waals surface area (Å²) in [5, 5.41) is 0.304. The van der Waals surface area contributed by atoms with E-state index in [4.69, 9.17) is 9.16 Å². The van der Waals surface area contributed by atoms with E-state index in [1.807, 2.05) is 0 Å². The molecule has 0 amide bonds. The van der Waals surface area contributed by atoms with E-state index < -0.39 is 8.32 Å². The largest absolute Gasteiger partial charge is 0.417 e. The van der Waals surface area contributed by atoms with Crippen LogP contribution in [0, 0.1) is 0 Å². The quantitative estimate of drug-likeness (QED) is 0.385. The molecule has 0 aliphatic heterocycles. The zero-order valence-electron chi connectivity index (χ0n) is 11.6. The lowest BCUT2D eigenvalue weighted by atomic mass is 10.2. The molecule has 0 fully saturated rings. The molecule has 1 atom stereocenters. The van der Waals surface area contributed by atoms with Gasteiger partial charge in [-0.3, -0.25) is 0 Å². The molecule has 0 spiro atoms. The SMILES string of the molecule is COC(CCI)CCO[Si](C)(C)C(C)(C)C. The number of ether oxygens (including phenoxy) is 1. The van der Waals surface area contributed by atoms with E-state index >= 15 is 0 Å². The van der Waals surface area contributed by atoms with Crippen molar-refractivity contribution in [3.8, 4) is 0 Å². The van der Waals surface area contributed by atoms with Gasteiger partial charge in [-0.2, -0.15) is 0 Å². The maximum Gasteiger partial charge on any atom is 0.191 e. The second-order valence-electron chi connectivity index (χ2n) is 5.73. The average molecular weight is 358 g/mol. The van der Waals surface area contributed by atoms with Gasteiger partial charge in [0.05, 0.1) is 6.10 Å². The second kappa shape index (κ2) is 7.33. The molecule has 0 aliphatic rings. The topological polar surface area (TPSA) is 18.5 Å². The van der Waals surface area contributed by atoms with Crippen molar-refractivity contribution in [3.63, 3.8) is 0 Å². The molecule has 0 heterocycles. The highest BCUT2D eigenvalue weighted by atomic mass is 127. The summed E-state index contributed by atoms with van der Waals surface area (Å²) >= 11 is 2.39. The number of halogens is 1. The van der Waals surface area contributed by atoms with Gasteiger partial charge < -0.3 is 9.16 Å². The van der Waals surface area contributed by atoms with Crippen molar-refractivity contribution in [2.75, 3.05) is 18.1 Å². The average Bonchev–Trinajstić information content (AvgIpc) is 2.14. The van der Waals surface area contributed by atoms with Crippen molar-refractivity contribution in [2.24, 2.45) is 0 Å². The minimum atomic E-state index is -1.56. The smallest absolute Gasteiger partial charge is 0.191 e. The van der Waals surface area contributed by atoms with Crippen LogP contribution in [0.5, 0.6) is 0 Å². The predicted molar refractivity (Wildman–Crippen MR) is 82.1 cm³/mol. The van der Waals surface area contributed by atoms with Gasteiger partial charge in [-0.15, -0.1) is 0 Å². The minimum absolute atomic E-state index is 0.304. The Morgan fingerprint density at radius 2 is 1.75 bits per heavy atom. The molecule has 0 bridgehead atoms. The van der Waals surface area contributed by atoms with Gasteiger partial charge in [0, 0.05) is 18.1 Å². The Hall–Kier alpha value is 0.867. The van der Waals surface area contributed by atoms with Gasteiger partial charge in [-0.1, -0.05) is 43.4 Å². The highest BCUT2D eigenvalue weighted by Gasteiger charge is 2.36. The second-order valence-corrected chi connectivity index (χ2v) is 11.6. The summed E-state index contributed by atoms with van der Waals surface area (Å²) in [6.45, 7) is 12.3. The predicted octanol–water partition coefficient (Wildman–Crippen LogP) is 4.24. The van der Waals surface area contributed by atoms with E-state index in [1.54, 1.807) is 7.11 Å². The Balaban J connectivity index is 3.97. The van der Waals surface area contributed by atoms with Gasteiger partial charge in [-0.05, 0) is 31.0 Å². The Morgan fingerprint density at radius 3 is 2.12 bits per heavy atom. The van der Waals surface area contributed by atoms with E-state index in [2.05, 4.69) is 56.5 Å². The third kappa shape index (κ3) is 5.98. The first-order valence-electron chi connectivity index (χ1n) is 5.97. The summed E-state index contributed by atoms with van der Waals surface area (Å²) in [7, 11) is 0.230. The molecule has 2 nitrogen and oxygen atoms in total. The van der Waals surface area contributed by atoms with Crippen LogP contribution >= 0.6 is 22.6 Å². The molecule has 0 saturated heterocycles. The number of hydrogen-bond acceptors (Lipinski definition) is 2. The fraction of sp³-hybridized carbons (Fsp3) is 1.00. The van der Waals surface area contributed by atoms with Crippen molar-refractivity contribution in [3.05, 3.63) is 0 Å². The fourth-order valence-corrected chi connectivity index (χ4v) is 2.92. The maximum absolute atomic E-state index is 6.13. The van der Waals surface area contributed by atoms with Gasteiger partial charge in [0.25, 0.3) is 0 Å². The van der Waals surface area contributed by atoms with Gasteiger partial charge in [-0.25, -0.2) is 0 Å². The molecule has 1 unspecified atom stereocenters. The monoisotopic (exact) mass is 358 g/mol. The Morgan fingerprint density at radius 1 is 1.19 bits per heavy atom. The molecule has 0 radical (unpaired) electrons. The molecule has 16 heavy (non-hydrogen) atoms. The summed E-state index contributed by atoms with van der Waals surface area (Å²) in [5.74, 6) is 0. The van der Waals surface area contributed by atoms with Gasteiger partial charge in [0.1, 0.15) is 0 Å². The van der Waals surface area contributed by atoms with Crippen molar-refractivity contribution in [1.82, 2.24) is 0 Å². The molecule has 4 heteroatoms. The van der Waals surface area contributed by atoms with Crippen molar-refractivity contribution < 1.29 is 9.16 Å². The highest BCUT2D eigenvalue weighted by molar-refractivity contribution is 14.1. The van der Waals surface area contributed by atoms with E-state index in [-0.39, 0.29) is 0 Å². The van der Waals surface area contributed by atoms with Crippen LogP contribution in [0.3, 0.4) is 0 Å². The Kier molecular flexibility index (Phi) is 7.73. The number of hydrogen-bond donors (Lipinski definition) is 0. The van der Waals surface area contributed by atoms with E-state index in [9.17, 15) is 0 Å². The standard InChI is InChI=1S/C12H27IO2Si/c1-12(2,3)16(5,6)15-10-8-11(14-4)7-9-13/h11H,7-10H2,1-6H3. The van der Waals surface area contributed by atoms with Crippen LogP contribution in [0.15, 0.2) is 0 Å². The van der Waals surface area contributed by atoms with Crippen molar-refractivity contribution in [1.29, 1.82) is 0 Å². The Labute approximate surface area is 116 Å². The molecule has 98 valence electrons. The van der Waals surface area contributed by atoms with Crippen molar-refractivity contribution >= 4 is 30.9 Å². The van der Waals surface area contributed by atoms with Gasteiger partial charge >= 0.3 is 0 Å². The summed E-state index contributed by atoms with van der Waals surface area (Å²) in [5.41, 5.74) is 0. The lowest BCUT2D eigenvalue weighted by Gasteiger charge is -2.36. The summed E-state index contributed by atoms with van der Waals surface area (Å²) in [6, 6.07) is 0. The minimum Gasteiger partial charge on any atom is -0.417 e. The van der Waals surface area contributed by atoms with Crippen LogP contribution in [0.4, 0.5) is 0 Å². The summed E-state index contributed by atoms with van der Waals surface area (Å²) < 4.78 is 12.7. The zero-order valence-corrected chi connectivity index (χ0v) is 14.8. The molecular formula is C12H27IO2Si. The lowest BCUT2D eigenvalue weighted by molar-refractivity contribution is 0.0778. The van der Waals surface area contributed by atoms with Crippen LogP contribution in [0.25, 0.3) is 0 Å². The first kappa shape index (κ1) is 16.9. The molecule has 0 aromatic heterocycles. The van der Waals surface area contributed by atoms with Crippen molar-refractivity contribution in [2.45, 2.75) is 57.8 Å². The molecule has 0 aromatic carbocycles. The first-order chi connectivity index (χ1) is 7.24. The van der Waals surface area contributed by atoms with Crippen LogP contribution < -0.4 is 0 Å². The molecule has 0 N–H and O–H groups in total. The molecule has 0 aromatic rings. The van der Waals surface area contributed by atoms with Crippen LogP contribution in [0.1, 0.15) is 33.6 Å². The lowest BCUT2D eigenvalue weighted by Crippen LogP contribution is -2.41. The van der Waals surface area contributed by atoms with E-state index in [0.717, 1.165) is 23.9 Å². The normalized spacial score (nSPS) is 15.2. The third-order valence-corrected chi connectivity index (χ3v) is 8.63. The number of methoxy groups -OCH3 is 1. The highest BCUT2D eigenvalue weighted by Crippen LogP contribution is 2.36. The third-order valence-electron chi connectivity index (χ3n) is 3.47. The molecular weight excluding hydrogens is 331 g/mol. The molecule has 0 rings (SSSR count).